The third-order valence-corrected chi connectivity index (χ3v) is 4.24. The Morgan fingerprint density at radius 3 is 2.76 bits per heavy atom. The van der Waals surface area contributed by atoms with E-state index in [4.69, 9.17) is 13.9 Å². The highest BCUT2D eigenvalue weighted by molar-refractivity contribution is 5.80. The van der Waals surface area contributed by atoms with E-state index in [2.05, 4.69) is 43.5 Å². The van der Waals surface area contributed by atoms with E-state index < -0.39 is 0 Å². The molecule has 2 N–H and O–H groups in total. The minimum atomic E-state index is 0.355. The zero-order valence-electron chi connectivity index (χ0n) is 15.8. The lowest BCUT2D eigenvalue weighted by molar-refractivity contribution is 0.380. The van der Waals surface area contributed by atoms with E-state index in [1.54, 1.807) is 6.26 Å². The van der Waals surface area contributed by atoms with Crippen LogP contribution >= 0.6 is 0 Å². The van der Waals surface area contributed by atoms with E-state index in [9.17, 15) is 0 Å². The lowest BCUT2D eigenvalue weighted by Crippen LogP contribution is -2.42. The minimum Gasteiger partial charge on any atom is -0.469 e. The van der Waals surface area contributed by atoms with Crippen LogP contribution in [0.5, 0.6) is 0 Å². The molecular formula is C19H30N4O2. The Morgan fingerprint density at radius 1 is 1.28 bits per heavy atom. The minimum absolute atomic E-state index is 0.355. The van der Waals surface area contributed by atoms with Crippen LogP contribution < -0.4 is 10.6 Å². The molecule has 1 atom stereocenters. The lowest BCUT2D eigenvalue weighted by Gasteiger charge is -2.17. The van der Waals surface area contributed by atoms with Crippen LogP contribution in [0.2, 0.25) is 0 Å². The monoisotopic (exact) mass is 346 g/mol. The van der Waals surface area contributed by atoms with E-state index in [-0.39, 0.29) is 0 Å². The summed E-state index contributed by atoms with van der Waals surface area (Å²) >= 11 is 0. The van der Waals surface area contributed by atoms with Gasteiger partial charge in [0.15, 0.2) is 5.96 Å². The average Bonchev–Trinajstić information content (AvgIpc) is 3.28. The maximum atomic E-state index is 5.43. The molecule has 0 bridgehead atoms. The van der Waals surface area contributed by atoms with E-state index >= 15 is 0 Å². The Bertz CT molecular complexity index is 625. The molecule has 0 saturated heterocycles. The largest absolute Gasteiger partial charge is 0.469 e. The Labute approximate surface area is 150 Å². The van der Waals surface area contributed by atoms with E-state index in [0.717, 1.165) is 61.0 Å². The fourth-order valence-electron chi connectivity index (χ4n) is 2.52. The first-order valence-corrected chi connectivity index (χ1v) is 9.21. The van der Waals surface area contributed by atoms with Gasteiger partial charge in [0.1, 0.15) is 11.5 Å². The van der Waals surface area contributed by atoms with Gasteiger partial charge in [0.25, 0.3) is 0 Å². The predicted octanol–water partition coefficient (Wildman–Crippen LogP) is 3.47. The fourth-order valence-corrected chi connectivity index (χ4v) is 2.52. The van der Waals surface area contributed by atoms with E-state index in [1.807, 2.05) is 12.1 Å². The Morgan fingerprint density at radius 2 is 2.12 bits per heavy atom. The summed E-state index contributed by atoms with van der Waals surface area (Å²) in [5, 5.41) is 11.0. The molecule has 0 amide bonds. The van der Waals surface area contributed by atoms with Gasteiger partial charge in [-0.25, -0.2) is 4.99 Å². The number of hydrogen-bond acceptors (Lipinski definition) is 4. The van der Waals surface area contributed by atoms with E-state index in [0.29, 0.717) is 12.6 Å². The molecule has 25 heavy (non-hydrogen) atoms. The van der Waals surface area contributed by atoms with Gasteiger partial charge >= 0.3 is 0 Å². The second-order valence-electron chi connectivity index (χ2n) is 6.11. The van der Waals surface area contributed by atoms with Crippen molar-refractivity contribution in [2.75, 3.05) is 6.54 Å². The summed E-state index contributed by atoms with van der Waals surface area (Å²) < 4.78 is 10.8. The van der Waals surface area contributed by atoms with Gasteiger partial charge in [-0.05, 0) is 31.9 Å². The molecule has 0 radical (unpaired) electrons. The molecule has 0 aliphatic carbocycles. The normalized spacial score (nSPS) is 13.0. The standard InChI is InChI=1S/C19H30N4O2/c1-5-14(4)22-19(20-11-10-15-9-8-12-24-15)21-13-16-17(6-2)23-25-18(16)7-3/h8-9,12,14H,5-7,10-11,13H2,1-4H3,(H2,20,21,22). The number of guanidine groups is 1. The highest BCUT2D eigenvalue weighted by Crippen LogP contribution is 2.16. The third-order valence-electron chi connectivity index (χ3n) is 4.24. The van der Waals surface area contributed by atoms with Crippen LogP contribution in [0.1, 0.15) is 56.9 Å². The smallest absolute Gasteiger partial charge is 0.191 e. The Kier molecular flexibility index (Phi) is 7.57. The molecule has 0 aliphatic heterocycles. The second-order valence-corrected chi connectivity index (χ2v) is 6.11. The van der Waals surface area contributed by atoms with Crippen LogP contribution in [0.3, 0.4) is 0 Å². The fraction of sp³-hybridized carbons (Fsp3) is 0.579. The number of aromatic nitrogens is 1. The predicted molar refractivity (Wildman–Crippen MR) is 99.7 cm³/mol. The van der Waals surface area contributed by atoms with Gasteiger partial charge in [-0.2, -0.15) is 0 Å². The molecule has 138 valence electrons. The molecule has 0 saturated carbocycles. The molecule has 2 rings (SSSR count). The zero-order chi connectivity index (χ0) is 18.1. The van der Waals surface area contributed by atoms with Crippen molar-refractivity contribution in [3.63, 3.8) is 0 Å². The molecule has 0 spiro atoms. The van der Waals surface area contributed by atoms with Gasteiger partial charge in [-0.1, -0.05) is 25.9 Å². The van der Waals surface area contributed by atoms with Crippen molar-refractivity contribution in [2.24, 2.45) is 4.99 Å². The maximum Gasteiger partial charge on any atom is 0.191 e. The van der Waals surface area contributed by atoms with Gasteiger partial charge in [0.2, 0.25) is 0 Å². The summed E-state index contributed by atoms with van der Waals surface area (Å²) in [6.45, 7) is 9.81. The van der Waals surface area contributed by atoms with Crippen LogP contribution in [0.4, 0.5) is 0 Å². The Hall–Kier alpha value is -2.24. The maximum absolute atomic E-state index is 5.43. The summed E-state index contributed by atoms with van der Waals surface area (Å²) in [6, 6.07) is 4.25. The summed E-state index contributed by atoms with van der Waals surface area (Å²) in [6.07, 6.45) is 5.24. The van der Waals surface area contributed by atoms with Crippen molar-refractivity contribution in [2.45, 2.75) is 66.0 Å². The van der Waals surface area contributed by atoms with Gasteiger partial charge in [-0.15, -0.1) is 0 Å². The highest BCUT2D eigenvalue weighted by atomic mass is 16.5. The van der Waals surface area contributed by atoms with E-state index in [1.165, 1.54) is 0 Å². The molecule has 0 aromatic carbocycles. The van der Waals surface area contributed by atoms with Crippen LogP contribution in [0, 0.1) is 0 Å². The van der Waals surface area contributed by atoms with Crippen LogP contribution in [0.25, 0.3) is 0 Å². The van der Waals surface area contributed by atoms with Crippen molar-refractivity contribution < 1.29 is 8.94 Å². The van der Waals surface area contributed by atoms with Crippen molar-refractivity contribution in [1.82, 2.24) is 15.8 Å². The number of aliphatic imine (C=N–C) groups is 1. The van der Waals surface area contributed by atoms with Crippen LogP contribution in [-0.2, 0) is 25.8 Å². The van der Waals surface area contributed by atoms with Crippen LogP contribution in [-0.4, -0.2) is 23.7 Å². The van der Waals surface area contributed by atoms with Gasteiger partial charge in [0, 0.05) is 31.0 Å². The number of nitrogens with one attached hydrogen (secondary N) is 2. The molecule has 0 aliphatic rings. The molecule has 2 aromatic rings. The van der Waals surface area contributed by atoms with Crippen molar-refractivity contribution in [3.8, 4) is 0 Å². The topological polar surface area (TPSA) is 75.6 Å². The van der Waals surface area contributed by atoms with Gasteiger partial charge < -0.3 is 19.6 Å². The van der Waals surface area contributed by atoms with Crippen molar-refractivity contribution in [1.29, 1.82) is 0 Å². The van der Waals surface area contributed by atoms with Gasteiger partial charge in [0.05, 0.1) is 18.5 Å². The third kappa shape index (κ3) is 5.66. The number of rotatable bonds is 9. The van der Waals surface area contributed by atoms with Crippen molar-refractivity contribution in [3.05, 3.63) is 41.2 Å². The molecular weight excluding hydrogens is 316 g/mol. The Balaban J connectivity index is 2.03. The SMILES string of the molecule is CCc1noc(CC)c1CN=C(NCCc1ccco1)NC(C)CC. The molecule has 2 heterocycles. The summed E-state index contributed by atoms with van der Waals surface area (Å²) in [4.78, 5) is 4.75. The number of furan rings is 1. The summed E-state index contributed by atoms with van der Waals surface area (Å²) in [5.41, 5.74) is 2.11. The number of aryl methyl sites for hydroxylation is 2. The van der Waals surface area contributed by atoms with Crippen LogP contribution in [0.15, 0.2) is 32.3 Å². The number of hydrogen-bond donors (Lipinski definition) is 2. The quantitative estimate of drug-likeness (QED) is 0.537. The first-order chi connectivity index (χ1) is 12.2. The molecule has 0 fully saturated rings. The molecule has 1 unspecified atom stereocenters. The summed E-state index contributed by atoms with van der Waals surface area (Å²) in [5.74, 6) is 2.71. The number of nitrogens with zero attached hydrogens (tertiary/aromatic N) is 2. The molecule has 2 aromatic heterocycles. The zero-order valence-corrected chi connectivity index (χ0v) is 15.8. The first kappa shape index (κ1) is 19.1. The molecule has 6 heteroatoms. The van der Waals surface area contributed by atoms with Gasteiger partial charge in [-0.3, -0.25) is 0 Å². The molecule has 6 nitrogen and oxygen atoms in total. The average molecular weight is 346 g/mol. The lowest BCUT2D eigenvalue weighted by atomic mass is 10.1. The highest BCUT2D eigenvalue weighted by Gasteiger charge is 2.13. The first-order valence-electron chi connectivity index (χ1n) is 9.21. The van der Waals surface area contributed by atoms with Crippen molar-refractivity contribution >= 4 is 5.96 Å². The summed E-state index contributed by atoms with van der Waals surface area (Å²) in [7, 11) is 0. The second kappa shape index (κ2) is 9.91.